The molecule has 0 aromatic heterocycles. The molecule has 0 amide bonds. The van der Waals surface area contributed by atoms with Crippen LogP contribution in [0, 0.1) is 11.8 Å². The van der Waals surface area contributed by atoms with Gasteiger partial charge in [-0.2, -0.15) is 0 Å². The second kappa shape index (κ2) is 6.42. The number of benzene rings is 1. The van der Waals surface area contributed by atoms with Gasteiger partial charge in [0, 0.05) is 7.11 Å². The highest BCUT2D eigenvalue weighted by molar-refractivity contribution is 7.91. The number of rotatable bonds is 4. The van der Waals surface area contributed by atoms with Crippen LogP contribution in [0.2, 0.25) is 0 Å². The highest BCUT2D eigenvalue weighted by Crippen LogP contribution is 2.13. The molecule has 1 aromatic carbocycles. The van der Waals surface area contributed by atoms with E-state index >= 15 is 0 Å². The molecule has 0 bridgehead atoms. The Morgan fingerprint density at radius 3 is 2.42 bits per heavy atom. The van der Waals surface area contributed by atoms with Crippen LogP contribution in [0.4, 0.5) is 0 Å². The minimum Gasteiger partial charge on any atom is -0.366 e. The van der Waals surface area contributed by atoms with E-state index in [4.69, 9.17) is 16.3 Å². The molecule has 0 N–H and O–H groups in total. The fourth-order valence-corrected chi connectivity index (χ4v) is 3.05. The maximum absolute atomic E-state index is 12.1. The molecular weight excluding hydrogens is 284 g/mol. The molecule has 1 unspecified atom stereocenters. The first-order valence-electron chi connectivity index (χ1n) is 5.76. The lowest BCUT2D eigenvalue weighted by Crippen LogP contribution is -2.21. The first kappa shape index (κ1) is 16.0. The van der Waals surface area contributed by atoms with Gasteiger partial charge in [0.2, 0.25) is 0 Å². The molecule has 0 aliphatic rings. The maximum atomic E-state index is 12.1. The van der Waals surface area contributed by atoms with E-state index < -0.39 is 20.8 Å². The van der Waals surface area contributed by atoms with E-state index in [1.165, 1.54) is 0 Å². The SMILES string of the molecule is COC(C)(C)C#CC(Cl)CS(=O)(=O)c1ccccc1. The molecule has 0 aliphatic carbocycles. The van der Waals surface area contributed by atoms with Gasteiger partial charge in [-0.1, -0.05) is 30.0 Å². The second-order valence-electron chi connectivity index (χ2n) is 4.55. The van der Waals surface area contributed by atoms with Gasteiger partial charge >= 0.3 is 0 Å². The van der Waals surface area contributed by atoms with Gasteiger partial charge in [0.15, 0.2) is 9.84 Å². The summed E-state index contributed by atoms with van der Waals surface area (Å²) in [6, 6.07) is 8.21. The van der Waals surface area contributed by atoms with Crippen LogP contribution < -0.4 is 0 Å². The third kappa shape index (κ3) is 5.23. The number of sulfone groups is 1. The summed E-state index contributed by atoms with van der Waals surface area (Å²) in [4.78, 5) is 0.258. The number of hydrogen-bond donors (Lipinski definition) is 0. The van der Waals surface area contributed by atoms with Crippen molar-refractivity contribution >= 4 is 21.4 Å². The molecule has 104 valence electrons. The Bertz CT molecular complexity index is 568. The summed E-state index contributed by atoms with van der Waals surface area (Å²) in [6.07, 6.45) is 0. The Labute approximate surface area is 119 Å². The molecule has 0 spiro atoms. The summed E-state index contributed by atoms with van der Waals surface area (Å²) in [6.45, 7) is 3.57. The van der Waals surface area contributed by atoms with E-state index in [0.29, 0.717) is 0 Å². The van der Waals surface area contributed by atoms with Crippen molar-refractivity contribution in [2.24, 2.45) is 0 Å². The average Bonchev–Trinajstić information content (AvgIpc) is 2.37. The first-order valence-corrected chi connectivity index (χ1v) is 7.85. The fraction of sp³-hybridized carbons (Fsp3) is 0.429. The standard InChI is InChI=1S/C14H17ClO3S/c1-14(2,18-3)10-9-12(15)11-19(16,17)13-7-5-4-6-8-13/h4-8,12H,11H2,1-3H3. The lowest BCUT2D eigenvalue weighted by atomic mass is 10.1. The zero-order chi connectivity index (χ0) is 14.5. The van der Waals surface area contributed by atoms with Crippen molar-refractivity contribution < 1.29 is 13.2 Å². The van der Waals surface area contributed by atoms with Crippen LogP contribution in [0.15, 0.2) is 35.2 Å². The molecule has 0 fully saturated rings. The molecule has 0 radical (unpaired) electrons. The molecule has 0 saturated heterocycles. The zero-order valence-electron chi connectivity index (χ0n) is 11.2. The van der Waals surface area contributed by atoms with Crippen molar-refractivity contribution in [2.75, 3.05) is 12.9 Å². The van der Waals surface area contributed by atoms with Crippen molar-refractivity contribution in [3.8, 4) is 11.8 Å². The van der Waals surface area contributed by atoms with Gasteiger partial charge in [0.05, 0.1) is 10.6 Å². The van der Waals surface area contributed by atoms with Crippen LogP contribution >= 0.6 is 11.6 Å². The van der Waals surface area contributed by atoms with Crippen molar-refractivity contribution in [2.45, 2.75) is 29.7 Å². The van der Waals surface area contributed by atoms with Gasteiger partial charge in [-0.05, 0) is 26.0 Å². The van der Waals surface area contributed by atoms with Crippen LogP contribution in [-0.2, 0) is 14.6 Å². The molecule has 3 nitrogen and oxygen atoms in total. The first-order chi connectivity index (χ1) is 8.77. The molecule has 1 aromatic rings. The number of methoxy groups -OCH3 is 1. The second-order valence-corrected chi connectivity index (χ2v) is 7.11. The predicted molar refractivity (Wildman–Crippen MR) is 77.0 cm³/mol. The summed E-state index contributed by atoms with van der Waals surface area (Å²) in [5, 5.41) is -0.764. The summed E-state index contributed by atoms with van der Waals surface area (Å²) < 4.78 is 29.2. The molecule has 19 heavy (non-hydrogen) atoms. The fourth-order valence-electron chi connectivity index (χ4n) is 1.26. The normalized spacial score (nSPS) is 13.5. The van der Waals surface area contributed by atoms with Gasteiger partial charge in [-0.3, -0.25) is 0 Å². The van der Waals surface area contributed by atoms with E-state index in [2.05, 4.69) is 11.8 Å². The van der Waals surface area contributed by atoms with Gasteiger partial charge < -0.3 is 4.74 Å². The maximum Gasteiger partial charge on any atom is 0.180 e. The Balaban J connectivity index is 2.80. The topological polar surface area (TPSA) is 43.4 Å². The minimum absolute atomic E-state index is 0.217. The third-order valence-corrected chi connectivity index (χ3v) is 4.72. The largest absolute Gasteiger partial charge is 0.366 e. The molecular formula is C14H17ClO3S. The van der Waals surface area contributed by atoms with Gasteiger partial charge in [-0.25, -0.2) is 8.42 Å². The number of halogens is 1. The number of alkyl halides is 1. The van der Waals surface area contributed by atoms with Crippen LogP contribution in [0.3, 0.4) is 0 Å². The van der Waals surface area contributed by atoms with Crippen LogP contribution in [0.5, 0.6) is 0 Å². The summed E-state index contributed by atoms with van der Waals surface area (Å²) >= 11 is 5.97. The van der Waals surface area contributed by atoms with E-state index in [-0.39, 0.29) is 10.6 Å². The monoisotopic (exact) mass is 300 g/mol. The van der Waals surface area contributed by atoms with Crippen molar-refractivity contribution in [1.29, 1.82) is 0 Å². The Morgan fingerprint density at radius 2 is 1.89 bits per heavy atom. The quantitative estimate of drug-likeness (QED) is 0.634. The van der Waals surface area contributed by atoms with Crippen molar-refractivity contribution in [3.63, 3.8) is 0 Å². The summed E-state index contributed by atoms with van der Waals surface area (Å²) in [7, 11) is -1.87. The number of ether oxygens (including phenoxy) is 1. The highest BCUT2D eigenvalue weighted by atomic mass is 35.5. The average molecular weight is 301 g/mol. The lowest BCUT2D eigenvalue weighted by Gasteiger charge is -2.14. The predicted octanol–water partition coefficient (Wildman–Crippen LogP) is 2.50. The van der Waals surface area contributed by atoms with E-state index in [1.54, 1.807) is 51.3 Å². The smallest absolute Gasteiger partial charge is 0.180 e. The molecule has 5 heteroatoms. The van der Waals surface area contributed by atoms with Crippen molar-refractivity contribution in [3.05, 3.63) is 30.3 Å². The highest BCUT2D eigenvalue weighted by Gasteiger charge is 2.19. The van der Waals surface area contributed by atoms with Gasteiger partial charge in [-0.15, -0.1) is 11.6 Å². The molecule has 1 rings (SSSR count). The molecule has 0 heterocycles. The Kier molecular flexibility index (Phi) is 5.42. The van der Waals surface area contributed by atoms with Crippen LogP contribution in [0.1, 0.15) is 13.8 Å². The van der Waals surface area contributed by atoms with Gasteiger partial charge in [0.1, 0.15) is 11.0 Å². The van der Waals surface area contributed by atoms with Crippen LogP contribution in [0.25, 0.3) is 0 Å². The molecule has 0 saturated carbocycles. The molecule has 1 atom stereocenters. The summed E-state index contributed by atoms with van der Waals surface area (Å²) in [5.74, 6) is 5.31. The summed E-state index contributed by atoms with van der Waals surface area (Å²) in [5.41, 5.74) is -0.635. The van der Waals surface area contributed by atoms with E-state index in [1.807, 2.05) is 0 Å². The third-order valence-electron chi connectivity index (χ3n) is 2.51. The van der Waals surface area contributed by atoms with Crippen molar-refractivity contribution in [1.82, 2.24) is 0 Å². The van der Waals surface area contributed by atoms with Crippen LogP contribution in [-0.4, -0.2) is 32.3 Å². The molecule has 0 aliphatic heterocycles. The zero-order valence-corrected chi connectivity index (χ0v) is 12.8. The van der Waals surface area contributed by atoms with E-state index in [9.17, 15) is 8.42 Å². The van der Waals surface area contributed by atoms with E-state index in [0.717, 1.165) is 0 Å². The minimum atomic E-state index is -3.41. The lowest BCUT2D eigenvalue weighted by molar-refractivity contribution is 0.0741. The Hall–Kier alpha value is -1.02. The Morgan fingerprint density at radius 1 is 1.32 bits per heavy atom. The number of hydrogen-bond acceptors (Lipinski definition) is 3. The van der Waals surface area contributed by atoms with Gasteiger partial charge in [0.25, 0.3) is 0 Å².